The second-order valence-electron chi connectivity index (χ2n) is 4.52. The van der Waals surface area contributed by atoms with Crippen LogP contribution in [0.5, 0.6) is 11.5 Å². The van der Waals surface area contributed by atoms with E-state index in [1.54, 1.807) is 24.4 Å². The van der Waals surface area contributed by atoms with Crippen LogP contribution in [0.1, 0.15) is 11.1 Å². The Morgan fingerprint density at radius 2 is 1.86 bits per heavy atom. The van der Waals surface area contributed by atoms with Gasteiger partial charge in [0.25, 0.3) is 0 Å². The fourth-order valence-corrected chi connectivity index (χ4v) is 2.93. The lowest BCUT2D eigenvalue weighted by Crippen LogP contribution is -2.06. The molecule has 0 fully saturated rings. The van der Waals surface area contributed by atoms with Crippen molar-refractivity contribution < 1.29 is 9.47 Å². The van der Waals surface area contributed by atoms with E-state index in [2.05, 4.69) is 26.5 Å². The number of ether oxygens (including phenoxy) is 2. The van der Waals surface area contributed by atoms with E-state index in [1.807, 2.05) is 12.1 Å². The highest BCUT2D eigenvalue weighted by Gasteiger charge is 2.15. The molecule has 4 nitrogen and oxygen atoms in total. The van der Waals surface area contributed by atoms with Crippen LogP contribution in [0.25, 0.3) is 0 Å². The predicted molar refractivity (Wildman–Crippen MR) is 91.2 cm³/mol. The molecular formula is C15H11BrCl2N2O2. The Hall–Kier alpha value is -1.43. The van der Waals surface area contributed by atoms with Crippen molar-refractivity contribution in [3.05, 3.63) is 56.0 Å². The molecule has 0 atom stereocenters. The van der Waals surface area contributed by atoms with E-state index in [4.69, 9.17) is 32.7 Å². The summed E-state index contributed by atoms with van der Waals surface area (Å²) in [6.07, 6.45) is 1.69. The zero-order chi connectivity index (χ0) is 15.5. The van der Waals surface area contributed by atoms with Gasteiger partial charge in [-0.2, -0.15) is 5.10 Å². The fraction of sp³-hybridized carbons (Fsp3) is 0.133. The van der Waals surface area contributed by atoms with Gasteiger partial charge in [-0.3, -0.25) is 0 Å². The topological polar surface area (TPSA) is 42.9 Å². The van der Waals surface area contributed by atoms with Crippen molar-refractivity contribution >= 4 is 45.3 Å². The maximum absolute atomic E-state index is 6.10. The predicted octanol–water partition coefficient (Wildman–Crippen LogP) is 4.61. The molecule has 0 bridgehead atoms. The molecule has 1 N–H and O–H groups in total. The monoisotopic (exact) mass is 400 g/mol. The van der Waals surface area contributed by atoms with Gasteiger partial charge in [-0.05, 0) is 40.2 Å². The van der Waals surface area contributed by atoms with Gasteiger partial charge in [0.2, 0.25) is 6.79 Å². The van der Waals surface area contributed by atoms with Gasteiger partial charge < -0.3 is 14.9 Å². The molecule has 114 valence electrons. The van der Waals surface area contributed by atoms with E-state index >= 15 is 0 Å². The molecule has 3 rings (SSSR count). The number of hydrogen-bond acceptors (Lipinski definition) is 4. The lowest BCUT2D eigenvalue weighted by molar-refractivity contribution is 0.174. The van der Waals surface area contributed by atoms with Gasteiger partial charge in [-0.1, -0.05) is 29.3 Å². The second-order valence-corrected chi connectivity index (χ2v) is 6.19. The highest BCUT2D eigenvalue weighted by molar-refractivity contribution is 9.10. The minimum atomic E-state index is 0.242. The maximum Gasteiger partial charge on any atom is 0.231 e. The molecule has 0 aromatic heterocycles. The Balaban J connectivity index is 1.68. The minimum Gasteiger partial charge on any atom is -0.454 e. The Labute approximate surface area is 146 Å². The van der Waals surface area contributed by atoms with E-state index in [0.717, 1.165) is 21.3 Å². The normalized spacial score (nSPS) is 12.9. The summed E-state index contributed by atoms with van der Waals surface area (Å²) in [6.45, 7) is 0.683. The smallest absolute Gasteiger partial charge is 0.231 e. The molecule has 0 radical (unpaired) electrons. The second kappa shape index (κ2) is 6.77. The van der Waals surface area contributed by atoms with Gasteiger partial charge in [0.1, 0.15) is 0 Å². The summed E-state index contributed by atoms with van der Waals surface area (Å²) < 4.78 is 11.5. The van der Waals surface area contributed by atoms with Crippen LogP contribution < -0.4 is 14.9 Å². The number of halogens is 3. The summed E-state index contributed by atoms with van der Waals surface area (Å²) in [5, 5.41) is 5.41. The van der Waals surface area contributed by atoms with E-state index in [1.165, 1.54) is 0 Å². The molecule has 0 saturated heterocycles. The van der Waals surface area contributed by atoms with Crippen LogP contribution in [0.2, 0.25) is 10.0 Å². The largest absolute Gasteiger partial charge is 0.454 e. The highest BCUT2D eigenvalue weighted by Crippen LogP contribution is 2.36. The Bertz CT molecular complexity index is 717. The molecule has 22 heavy (non-hydrogen) atoms. The van der Waals surface area contributed by atoms with E-state index in [-0.39, 0.29) is 6.79 Å². The van der Waals surface area contributed by atoms with Crippen LogP contribution in [0, 0.1) is 0 Å². The summed E-state index contributed by atoms with van der Waals surface area (Å²) in [5.74, 6) is 1.43. The number of hydrazone groups is 1. The highest BCUT2D eigenvalue weighted by atomic mass is 79.9. The summed E-state index contributed by atoms with van der Waals surface area (Å²) in [6, 6.07) is 9.11. The number of benzene rings is 2. The molecule has 0 amide bonds. The van der Waals surface area contributed by atoms with Crippen molar-refractivity contribution in [3.8, 4) is 11.5 Å². The molecule has 2 aromatic carbocycles. The van der Waals surface area contributed by atoms with Crippen molar-refractivity contribution in [2.45, 2.75) is 6.54 Å². The minimum absolute atomic E-state index is 0.242. The number of rotatable bonds is 4. The summed E-state index contributed by atoms with van der Waals surface area (Å²) >= 11 is 15.7. The first-order valence-corrected chi connectivity index (χ1v) is 7.98. The molecule has 1 heterocycles. The number of fused-ring (bicyclic) bond motifs is 1. The molecule has 0 aliphatic carbocycles. The third-order valence-corrected chi connectivity index (χ3v) is 4.50. The van der Waals surface area contributed by atoms with Crippen molar-refractivity contribution in [3.63, 3.8) is 0 Å². The van der Waals surface area contributed by atoms with Crippen LogP contribution in [-0.2, 0) is 6.54 Å². The van der Waals surface area contributed by atoms with Crippen molar-refractivity contribution in [1.29, 1.82) is 0 Å². The summed E-state index contributed by atoms with van der Waals surface area (Å²) in [7, 11) is 0. The van der Waals surface area contributed by atoms with Gasteiger partial charge in [-0.25, -0.2) is 0 Å². The van der Waals surface area contributed by atoms with Gasteiger partial charge >= 0.3 is 0 Å². The third-order valence-electron chi connectivity index (χ3n) is 3.10. The zero-order valence-electron chi connectivity index (χ0n) is 11.3. The third kappa shape index (κ3) is 3.32. The lowest BCUT2D eigenvalue weighted by atomic mass is 10.2. The van der Waals surface area contributed by atoms with Crippen LogP contribution in [0.15, 0.2) is 39.9 Å². The molecule has 7 heteroatoms. The first kappa shape index (κ1) is 15.5. The SMILES string of the molecule is Clc1cccc(Cl)c1CN/N=C/c1cc2c(cc1Br)OCO2. The quantitative estimate of drug-likeness (QED) is 0.600. The number of nitrogens with one attached hydrogen (secondary N) is 1. The first-order valence-electron chi connectivity index (χ1n) is 6.43. The van der Waals surface area contributed by atoms with Crippen LogP contribution >= 0.6 is 39.1 Å². The Kier molecular flexibility index (Phi) is 4.76. The van der Waals surface area contributed by atoms with E-state index in [9.17, 15) is 0 Å². The van der Waals surface area contributed by atoms with Crippen molar-refractivity contribution in [2.24, 2.45) is 5.10 Å². The molecule has 0 spiro atoms. The molecule has 1 aliphatic heterocycles. The Morgan fingerprint density at radius 1 is 1.18 bits per heavy atom. The molecule has 2 aromatic rings. The molecular weight excluding hydrogens is 391 g/mol. The van der Waals surface area contributed by atoms with Crippen LogP contribution in [0.4, 0.5) is 0 Å². The van der Waals surface area contributed by atoms with Gasteiger partial charge in [0.15, 0.2) is 11.5 Å². The van der Waals surface area contributed by atoms with Crippen LogP contribution in [-0.4, -0.2) is 13.0 Å². The van der Waals surface area contributed by atoms with E-state index in [0.29, 0.717) is 22.3 Å². The fourth-order valence-electron chi connectivity index (χ4n) is 1.97. The number of hydrogen-bond donors (Lipinski definition) is 1. The molecule has 0 unspecified atom stereocenters. The standard InChI is InChI=1S/C15H11BrCl2N2O2/c16-11-5-15-14(21-8-22-15)4-9(11)6-19-20-7-10-12(17)2-1-3-13(10)18/h1-6,20H,7-8H2/b19-6+. The maximum atomic E-state index is 6.10. The van der Waals surface area contributed by atoms with Gasteiger partial charge in [0.05, 0.1) is 12.8 Å². The Morgan fingerprint density at radius 3 is 2.59 bits per heavy atom. The zero-order valence-corrected chi connectivity index (χ0v) is 14.4. The lowest BCUT2D eigenvalue weighted by Gasteiger charge is -2.06. The van der Waals surface area contributed by atoms with Crippen LogP contribution in [0.3, 0.4) is 0 Å². The average Bonchev–Trinajstić information content (AvgIpc) is 2.93. The molecule has 0 saturated carbocycles. The summed E-state index contributed by atoms with van der Waals surface area (Å²) in [5.41, 5.74) is 4.62. The first-order chi connectivity index (χ1) is 10.6. The van der Waals surface area contributed by atoms with Crippen molar-refractivity contribution in [1.82, 2.24) is 5.43 Å². The van der Waals surface area contributed by atoms with Gasteiger partial charge in [0, 0.05) is 25.6 Å². The molecule has 1 aliphatic rings. The van der Waals surface area contributed by atoms with Gasteiger partial charge in [-0.15, -0.1) is 0 Å². The average molecular weight is 402 g/mol. The van der Waals surface area contributed by atoms with Crippen molar-refractivity contribution in [2.75, 3.05) is 6.79 Å². The van der Waals surface area contributed by atoms with E-state index < -0.39 is 0 Å². The summed E-state index contributed by atoms with van der Waals surface area (Å²) in [4.78, 5) is 0. The number of nitrogens with zero attached hydrogens (tertiary/aromatic N) is 1.